The van der Waals surface area contributed by atoms with Gasteiger partial charge in [0.2, 0.25) is 0 Å². The fraction of sp³-hybridized carbons (Fsp3) is 0.214. The van der Waals surface area contributed by atoms with Crippen molar-refractivity contribution in [1.82, 2.24) is 5.16 Å². The smallest absolute Gasteiger partial charge is 0.338 e. The Kier molecular flexibility index (Phi) is 3.62. The van der Waals surface area contributed by atoms with Crippen LogP contribution in [-0.4, -0.2) is 11.1 Å². The molecule has 0 saturated carbocycles. The molecule has 1 aromatic heterocycles. The van der Waals surface area contributed by atoms with E-state index in [1.54, 1.807) is 32.0 Å². The predicted octanol–water partition coefficient (Wildman–Crippen LogP) is 2.52. The second kappa shape index (κ2) is 5.36. The van der Waals surface area contributed by atoms with Crippen LogP contribution in [0.5, 0.6) is 0 Å². The molecule has 0 fully saturated rings. The van der Waals surface area contributed by atoms with E-state index in [9.17, 15) is 4.79 Å². The molecule has 0 amide bonds. The molecule has 0 radical (unpaired) electrons. The number of hydrogen-bond donors (Lipinski definition) is 0. The van der Waals surface area contributed by atoms with Gasteiger partial charge in [0.1, 0.15) is 12.4 Å². The molecule has 5 heteroatoms. The van der Waals surface area contributed by atoms with Crippen molar-refractivity contribution in [2.24, 2.45) is 0 Å². The van der Waals surface area contributed by atoms with Crippen LogP contribution in [0.3, 0.4) is 0 Å². The highest BCUT2D eigenvalue weighted by Gasteiger charge is 2.13. The number of carbonyl (C=O) groups excluding carboxylic acids is 1. The average Bonchev–Trinajstić information content (AvgIpc) is 2.75. The van der Waals surface area contributed by atoms with Crippen molar-refractivity contribution in [3.63, 3.8) is 0 Å². The third-order valence-corrected chi connectivity index (χ3v) is 2.76. The van der Waals surface area contributed by atoms with Gasteiger partial charge in [-0.3, -0.25) is 0 Å². The summed E-state index contributed by atoms with van der Waals surface area (Å²) in [4.78, 5) is 11.8. The molecular formula is C14H12N2O3. The lowest BCUT2D eigenvalue weighted by Gasteiger charge is -2.04. The average molecular weight is 256 g/mol. The molecule has 0 aliphatic carbocycles. The fourth-order valence-corrected chi connectivity index (χ4v) is 1.64. The minimum absolute atomic E-state index is 0.108. The van der Waals surface area contributed by atoms with Crippen molar-refractivity contribution in [2.75, 3.05) is 0 Å². The number of esters is 1. The summed E-state index contributed by atoms with van der Waals surface area (Å²) < 4.78 is 10.2. The number of aromatic nitrogens is 1. The van der Waals surface area contributed by atoms with Crippen molar-refractivity contribution < 1.29 is 14.1 Å². The first-order valence-electron chi connectivity index (χ1n) is 5.71. The van der Waals surface area contributed by atoms with Gasteiger partial charge in [0.15, 0.2) is 0 Å². The van der Waals surface area contributed by atoms with E-state index in [1.165, 1.54) is 6.07 Å². The fourth-order valence-electron chi connectivity index (χ4n) is 1.64. The summed E-state index contributed by atoms with van der Waals surface area (Å²) in [6, 6.07) is 8.35. The van der Waals surface area contributed by atoms with Gasteiger partial charge in [-0.1, -0.05) is 11.2 Å². The highest BCUT2D eigenvalue weighted by atomic mass is 16.5. The van der Waals surface area contributed by atoms with Gasteiger partial charge in [-0.15, -0.1) is 0 Å². The molecule has 0 aliphatic rings. The minimum Gasteiger partial charge on any atom is -0.457 e. The van der Waals surface area contributed by atoms with Crippen molar-refractivity contribution in [3.8, 4) is 6.07 Å². The van der Waals surface area contributed by atoms with Crippen LogP contribution < -0.4 is 0 Å². The van der Waals surface area contributed by atoms with E-state index in [-0.39, 0.29) is 6.61 Å². The summed E-state index contributed by atoms with van der Waals surface area (Å²) in [6.07, 6.45) is 0. The van der Waals surface area contributed by atoms with Gasteiger partial charge >= 0.3 is 5.97 Å². The van der Waals surface area contributed by atoms with Crippen LogP contribution in [0.1, 0.15) is 32.9 Å². The second-order valence-electron chi connectivity index (χ2n) is 4.07. The van der Waals surface area contributed by atoms with Crippen LogP contribution in [0.25, 0.3) is 0 Å². The van der Waals surface area contributed by atoms with Crippen molar-refractivity contribution >= 4 is 5.97 Å². The Balaban J connectivity index is 2.08. The lowest BCUT2D eigenvalue weighted by molar-refractivity contribution is 0.0471. The summed E-state index contributed by atoms with van der Waals surface area (Å²) >= 11 is 0. The van der Waals surface area contributed by atoms with Gasteiger partial charge in [0.25, 0.3) is 0 Å². The maximum Gasteiger partial charge on any atom is 0.338 e. The molecule has 0 unspecified atom stereocenters. The van der Waals surface area contributed by atoms with Crippen molar-refractivity contribution in [2.45, 2.75) is 20.5 Å². The maximum absolute atomic E-state index is 11.8. The van der Waals surface area contributed by atoms with Gasteiger partial charge in [0.05, 0.1) is 28.5 Å². The number of nitriles is 1. The van der Waals surface area contributed by atoms with Crippen LogP contribution in [-0.2, 0) is 11.3 Å². The number of nitrogens with zero attached hydrogens (tertiary/aromatic N) is 2. The molecule has 0 saturated heterocycles. The summed E-state index contributed by atoms with van der Waals surface area (Å²) in [5.74, 6) is 0.160. The SMILES string of the molecule is Cc1noc(C)c1COC(=O)c1cccc(C#N)c1. The van der Waals surface area contributed by atoms with E-state index in [0.717, 1.165) is 5.56 Å². The van der Waals surface area contributed by atoms with Crippen LogP contribution in [0.2, 0.25) is 0 Å². The third kappa shape index (κ3) is 2.80. The summed E-state index contributed by atoms with van der Waals surface area (Å²) in [7, 11) is 0. The van der Waals surface area contributed by atoms with Crippen LogP contribution >= 0.6 is 0 Å². The van der Waals surface area contributed by atoms with Crippen molar-refractivity contribution in [1.29, 1.82) is 5.26 Å². The first kappa shape index (κ1) is 12.8. The molecular weight excluding hydrogens is 244 g/mol. The number of carbonyl (C=O) groups is 1. The molecule has 96 valence electrons. The Labute approximate surface area is 110 Å². The molecule has 0 spiro atoms. The topological polar surface area (TPSA) is 76.1 Å². The van der Waals surface area contributed by atoms with E-state index in [2.05, 4.69) is 5.16 Å². The highest BCUT2D eigenvalue weighted by Crippen LogP contribution is 2.14. The Morgan fingerprint density at radius 1 is 1.47 bits per heavy atom. The standard InChI is InChI=1S/C14H12N2O3/c1-9-13(10(2)19-16-9)8-18-14(17)12-5-3-4-11(6-12)7-15/h3-6H,8H2,1-2H3. The Morgan fingerprint density at radius 3 is 2.89 bits per heavy atom. The largest absolute Gasteiger partial charge is 0.457 e. The monoisotopic (exact) mass is 256 g/mol. The molecule has 1 aromatic carbocycles. The molecule has 0 N–H and O–H groups in total. The molecule has 0 aliphatic heterocycles. The second-order valence-corrected chi connectivity index (χ2v) is 4.07. The van der Waals surface area contributed by atoms with E-state index in [4.69, 9.17) is 14.5 Å². The zero-order valence-electron chi connectivity index (χ0n) is 10.6. The number of aryl methyl sites for hydroxylation is 2. The van der Waals surface area contributed by atoms with E-state index in [1.807, 2.05) is 6.07 Å². The van der Waals surface area contributed by atoms with Gasteiger partial charge in [-0.05, 0) is 32.0 Å². The van der Waals surface area contributed by atoms with E-state index >= 15 is 0 Å². The van der Waals surface area contributed by atoms with Crippen molar-refractivity contribution in [3.05, 3.63) is 52.4 Å². The number of rotatable bonds is 3. The summed E-state index contributed by atoms with van der Waals surface area (Å²) in [5.41, 5.74) is 2.25. The Bertz CT molecular complexity index is 633. The van der Waals surface area contributed by atoms with Gasteiger partial charge in [0, 0.05) is 0 Å². The zero-order valence-corrected chi connectivity index (χ0v) is 10.6. The summed E-state index contributed by atoms with van der Waals surface area (Å²) in [6.45, 7) is 3.66. The first-order valence-corrected chi connectivity index (χ1v) is 5.71. The summed E-state index contributed by atoms with van der Waals surface area (Å²) in [5, 5.41) is 12.6. The van der Waals surface area contributed by atoms with E-state index in [0.29, 0.717) is 22.6 Å². The first-order chi connectivity index (χ1) is 9.11. The Morgan fingerprint density at radius 2 is 2.26 bits per heavy atom. The van der Waals surface area contributed by atoms with Gasteiger partial charge in [-0.2, -0.15) is 5.26 Å². The molecule has 5 nitrogen and oxygen atoms in total. The van der Waals surface area contributed by atoms with Gasteiger partial charge < -0.3 is 9.26 Å². The van der Waals surface area contributed by atoms with Crippen LogP contribution in [0, 0.1) is 25.2 Å². The molecule has 0 atom stereocenters. The number of ether oxygens (including phenoxy) is 1. The molecule has 2 aromatic rings. The van der Waals surface area contributed by atoms with E-state index < -0.39 is 5.97 Å². The lowest BCUT2D eigenvalue weighted by Crippen LogP contribution is -2.06. The zero-order chi connectivity index (χ0) is 13.8. The van der Waals surface area contributed by atoms with Crippen LogP contribution in [0.15, 0.2) is 28.8 Å². The maximum atomic E-state index is 11.8. The molecule has 1 heterocycles. The normalized spacial score (nSPS) is 9.95. The molecule has 0 bridgehead atoms. The molecule has 19 heavy (non-hydrogen) atoms. The lowest BCUT2D eigenvalue weighted by atomic mass is 10.1. The number of hydrogen-bond acceptors (Lipinski definition) is 5. The minimum atomic E-state index is -0.475. The number of benzene rings is 1. The highest BCUT2D eigenvalue weighted by molar-refractivity contribution is 5.89. The van der Waals surface area contributed by atoms with Crippen LogP contribution in [0.4, 0.5) is 0 Å². The molecule has 2 rings (SSSR count). The third-order valence-electron chi connectivity index (χ3n) is 2.76. The van der Waals surface area contributed by atoms with Gasteiger partial charge in [-0.25, -0.2) is 4.79 Å². The Hall–Kier alpha value is -2.61. The quantitative estimate of drug-likeness (QED) is 0.788. The predicted molar refractivity (Wildman–Crippen MR) is 66.3 cm³/mol.